The molecule has 8 nitrogen and oxygen atoms in total. The summed E-state index contributed by atoms with van der Waals surface area (Å²) in [6.07, 6.45) is 3.25. The Balaban J connectivity index is 1.47. The second-order valence-electron chi connectivity index (χ2n) is 6.92. The highest BCUT2D eigenvalue weighted by molar-refractivity contribution is 8.00. The van der Waals surface area contributed by atoms with E-state index >= 15 is 0 Å². The molecule has 32 heavy (non-hydrogen) atoms. The van der Waals surface area contributed by atoms with E-state index in [1.165, 1.54) is 22.7 Å². The maximum Gasteiger partial charge on any atom is 0.267 e. The number of carbonyl (C=O) groups is 2. The van der Waals surface area contributed by atoms with Gasteiger partial charge in [0.25, 0.3) is 11.8 Å². The lowest BCUT2D eigenvalue weighted by Gasteiger charge is -2.16. The van der Waals surface area contributed by atoms with Gasteiger partial charge in [-0.2, -0.15) is 0 Å². The molecule has 1 aliphatic rings. The van der Waals surface area contributed by atoms with E-state index < -0.39 is 0 Å². The van der Waals surface area contributed by atoms with Crippen LogP contribution in [-0.2, 0) is 0 Å². The number of hydrogen-bond acceptors (Lipinski definition) is 7. The van der Waals surface area contributed by atoms with E-state index in [0.29, 0.717) is 28.3 Å². The van der Waals surface area contributed by atoms with Crippen LogP contribution in [-0.4, -0.2) is 28.4 Å². The van der Waals surface area contributed by atoms with Gasteiger partial charge in [-0.25, -0.2) is 0 Å². The van der Waals surface area contributed by atoms with Crippen LogP contribution < -0.4 is 20.9 Å². The molecule has 0 saturated heterocycles. The molecular weight excluding hydrogens is 426 g/mol. The van der Waals surface area contributed by atoms with Gasteiger partial charge in [-0.1, -0.05) is 10.6 Å². The van der Waals surface area contributed by atoms with Crippen molar-refractivity contribution in [3.05, 3.63) is 89.1 Å². The van der Waals surface area contributed by atoms with Gasteiger partial charge in [0, 0.05) is 34.6 Å². The molecule has 3 N–H and O–H groups in total. The molecule has 0 saturated carbocycles. The number of hydrazine groups is 2. The van der Waals surface area contributed by atoms with E-state index in [1.807, 2.05) is 18.4 Å². The van der Waals surface area contributed by atoms with Gasteiger partial charge in [0.15, 0.2) is 0 Å². The lowest BCUT2D eigenvalue weighted by molar-refractivity contribution is 0.0870. The van der Waals surface area contributed by atoms with Gasteiger partial charge in [-0.3, -0.25) is 25.4 Å². The zero-order chi connectivity index (χ0) is 22.5. The number of carbonyl (C=O) groups excluding carboxylic acids is 2. The Labute approximate surface area is 189 Å². The van der Waals surface area contributed by atoms with Crippen molar-refractivity contribution in [3.8, 4) is 17.0 Å². The smallest absolute Gasteiger partial charge is 0.267 e. The topological polar surface area (TPSA) is 95.6 Å². The first-order valence-electron chi connectivity index (χ1n) is 9.75. The summed E-state index contributed by atoms with van der Waals surface area (Å²) < 4.78 is 6.63. The molecule has 9 heteroatoms. The minimum atomic E-state index is -0.261. The highest BCUT2D eigenvalue weighted by Gasteiger charge is 2.15. The van der Waals surface area contributed by atoms with Gasteiger partial charge in [0.1, 0.15) is 5.75 Å². The van der Waals surface area contributed by atoms with Crippen molar-refractivity contribution in [2.24, 2.45) is 0 Å². The fraction of sp³-hybridized carbons (Fsp3) is 0.0870. The summed E-state index contributed by atoms with van der Waals surface area (Å²) in [5.74, 6) is 0.209. The number of pyridine rings is 1. The average Bonchev–Trinajstić information content (AvgIpc) is 3.33. The number of nitrogens with one attached hydrogen (secondary N) is 3. The molecule has 1 aromatic heterocycles. The summed E-state index contributed by atoms with van der Waals surface area (Å²) in [5, 5.41) is 4.65. The van der Waals surface area contributed by atoms with Crippen LogP contribution in [0.2, 0.25) is 0 Å². The summed E-state index contributed by atoms with van der Waals surface area (Å²) in [5.41, 5.74) is 9.69. The monoisotopic (exact) mass is 447 g/mol. The van der Waals surface area contributed by atoms with Crippen molar-refractivity contribution in [1.82, 2.24) is 20.4 Å². The summed E-state index contributed by atoms with van der Waals surface area (Å²) in [4.78, 5) is 29.5. The van der Waals surface area contributed by atoms with Gasteiger partial charge in [-0.05, 0) is 73.0 Å². The molecule has 0 bridgehead atoms. The number of hydrogen-bond donors (Lipinski definition) is 3. The second-order valence-corrected chi connectivity index (χ2v) is 7.77. The molecule has 0 spiro atoms. The molecule has 4 rings (SSSR count). The molecule has 0 radical (unpaired) electrons. The van der Waals surface area contributed by atoms with Crippen LogP contribution in [0.4, 0.5) is 5.69 Å². The number of anilines is 1. The Kier molecular flexibility index (Phi) is 6.39. The molecule has 0 unspecified atom stereocenters. The third kappa shape index (κ3) is 4.90. The van der Waals surface area contributed by atoms with Gasteiger partial charge in [0.05, 0.1) is 18.4 Å². The summed E-state index contributed by atoms with van der Waals surface area (Å²) in [7, 11) is 1.59. The molecule has 2 heterocycles. The minimum Gasteiger partial charge on any atom is -0.497 e. The molecule has 2 amide bonds. The largest absolute Gasteiger partial charge is 0.497 e. The van der Waals surface area contributed by atoms with Crippen LogP contribution in [0, 0.1) is 6.92 Å². The van der Waals surface area contributed by atoms with Gasteiger partial charge < -0.3 is 10.1 Å². The van der Waals surface area contributed by atoms with Gasteiger partial charge in [-0.15, -0.1) is 0 Å². The molecular formula is C23H21N5O3S. The second kappa shape index (κ2) is 9.54. The Morgan fingerprint density at radius 3 is 2.47 bits per heavy atom. The van der Waals surface area contributed by atoms with Crippen molar-refractivity contribution >= 4 is 29.4 Å². The number of nitrogens with zero attached hydrogens (tertiary/aromatic N) is 2. The average molecular weight is 448 g/mol. The Hall–Kier alpha value is -3.82. The molecule has 0 fully saturated rings. The molecule has 0 aliphatic carbocycles. The first-order valence-corrected chi connectivity index (χ1v) is 10.6. The lowest BCUT2D eigenvalue weighted by atomic mass is 10.0. The van der Waals surface area contributed by atoms with Crippen LogP contribution in [0.3, 0.4) is 0 Å². The zero-order valence-corrected chi connectivity index (χ0v) is 18.3. The number of aryl methyl sites for hydroxylation is 1. The summed E-state index contributed by atoms with van der Waals surface area (Å²) >= 11 is 1.33. The molecule has 2 aromatic carbocycles. The first kappa shape index (κ1) is 21.4. The first-order chi connectivity index (χ1) is 15.5. The minimum absolute atomic E-state index is 0.245. The third-order valence-electron chi connectivity index (χ3n) is 4.78. The van der Waals surface area contributed by atoms with E-state index in [9.17, 15) is 9.59 Å². The van der Waals surface area contributed by atoms with Crippen molar-refractivity contribution in [2.45, 2.75) is 6.92 Å². The fourth-order valence-corrected chi connectivity index (χ4v) is 3.54. The van der Waals surface area contributed by atoms with E-state index in [2.05, 4.69) is 21.2 Å². The van der Waals surface area contributed by atoms with Crippen LogP contribution in [0.15, 0.2) is 72.4 Å². The van der Waals surface area contributed by atoms with Crippen molar-refractivity contribution in [2.75, 3.05) is 12.4 Å². The fourth-order valence-electron chi connectivity index (χ4n) is 3.04. The summed E-state index contributed by atoms with van der Waals surface area (Å²) in [6.45, 7) is 1.95. The van der Waals surface area contributed by atoms with E-state index in [4.69, 9.17) is 4.74 Å². The SMILES string of the molecule is COc1ccc(NC(=O)c2ccc(-c3cc(C(=O)NN4NC=CS4)ccc3C)nc2)cc1. The quantitative estimate of drug-likeness (QED) is 0.493. The zero-order valence-electron chi connectivity index (χ0n) is 17.5. The predicted molar refractivity (Wildman–Crippen MR) is 125 cm³/mol. The Morgan fingerprint density at radius 2 is 1.81 bits per heavy atom. The van der Waals surface area contributed by atoms with E-state index in [-0.39, 0.29) is 11.8 Å². The van der Waals surface area contributed by atoms with Crippen molar-refractivity contribution in [3.63, 3.8) is 0 Å². The number of rotatable bonds is 6. The number of benzene rings is 2. The van der Waals surface area contributed by atoms with Gasteiger partial charge >= 0.3 is 0 Å². The highest BCUT2D eigenvalue weighted by atomic mass is 32.2. The van der Waals surface area contributed by atoms with Crippen LogP contribution in [0.25, 0.3) is 11.3 Å². The Morgan fingerprint density at radius 1 is 1.03 bits per heavy atom. The van der Waals surface area contributed by atoms with Crippen molar-refractivity contribution < 1.29 is 14.3 Å². The number of amides is 2. The van der Waals surface area contributed by atoms with Gasteiger partial charge in [0.2, 0.25) is 0 Å². The molecule has 1 aliphatic heterocycles. The maximum absolute atomic E-state index is 12.5. The predicted octanol–water partition coefficient (Wildman–Crippen LogP) is 3.90. The highest BCUT2D eigenvalue weighted by Crippen LogP contribution is 2.24. The van der Waals surface area contributed by atoms with Crippen LogP contribution in [0.5, 0.6) is 5.75 Å². The number of ether oxygens (including phenoxy) is 1. The van der Waals surface area contributed by atoms with E-state index in [1.54, 1.807) is 61.8 Å². The summed E-state index contributed by atoms with van der Waals surface area (Å²) in [6, 6.07) is 16.0. The van der Waals surface area contributed by atoms with Crippen molar-refractivity contribution in [1.29, 1.82) is 0 Å². The van der Waals surface area contributed by atoms with Crippen LogP contribution >= 0.6 is 11.9 Å². The normalized spacial score (nSPS) is 12.8. The third-order valence-corrected chi connectivity index (χ3v) is 5.44. The Bertz CT molecular complexity index is 1160. The van der Waals surface area contributed by atoms with Crippen LogP contribution in [0.1, 0.15) is 26.3 Å². The number of methoxy groups -OCH3 is 1. The maximum atomic E-state index is 12.5. The molecule has 162 valence electrons. The number of aromatic nitrogens is 1. The molecule has 0 atom stereocenters. The lowest BCUT2D eigenvalue weighted by Crippen LogP contribution is -2.41. The van der Waals surface area contributed by atoms with E-state index in [0.717, 1.165) is 11.1 Å². The standard InChI is InChI=1S/C23H21N5O3S/c1-15-3-4-16(23(30)27-28-25-11-12-32-28)13-20(15)21-10-5-17(14-24-21)22(29)26-18-6-8-19(31-2)9-7-18/h3-14,25H,1-2H3,(H,26,29)(H,27,30). The molecule has 3 aromatic rings.